The Bertz CT molecular complexity index is 341. The first-order valence-electron chi connectivity index (χ1n) is 5.51. The molecule has 0 aromatic carbocycles. The van der Waals surface area contributed by atoms with Crippen LogP contribution in [0.3, 0.4) is 0 Å². The summed E-state index contributed by atoms with van der Waals surface area (Å²) in [4.78, 5) is 0. The van der Waals surface area contributed by atoms with E-state index in [0.717, 1.165) is 19.4 Å². The highest BCUT2D eigenvalue weighted by Gasteiger charge is 2.39. The molecular formula is C10H19NO3S. The van der Waals surface area contributed by atoms with Gasteiger partial charge >= 0.3 is 0 Å². The average molecular weight is 233 g/mol. The summed E-state index contributed by atoms with van der Waals surface area (Å²) in [6.45, 7) is 4.81. The van der Waals surface area contributed by atoms with E-state index in [0.29, 0.717) is 17.5 Å². The van der Waals surface area contributed by atoms with Crippen molar-refractivity contribution >= 4 is 9.84 Å². The van der Waals surface area contributed by atoms with Crippen molar-refractivity contribution in [1.29, 1.82) is 0 Å². The van der Waals surface area contributed by atoms with Crippen LogP contribution in [-0.4, -0.2) is 38.3 Å². The molecule has 0 bridgehead atoms. The zero-order valence-corrected chi connectivity index (χ0v) is 10.1. The van der Waals surface area contributed by atoms with Gasteiger partial charge in [-0.05, 0) is 32.6 Å². The second kappa shape index (κ2) is 3.71. The van der Waals surface area contributed by atoms with E-state index in [1.807, 2.05) is 6.92 Å². The molecule has 0 radical (unpaired) electrons. The van der Waals surface area contributed by atoms with Crippen LogP contribution >= 0.6 is 0 Å². The zero-order valence-electron chi connectivity index (χ0n) is 9.32. The number of ether oxygens (including phenoxy) is 1. The minimum Gasteiger partial charge on any atom is -0.359 e. The van der Waals surface area contributed by atoms with Crippen molar-refractivity contribution in [3.05, 3.63) is 0 Å². The van der Waals surface area contributed by atoms with Gasteiger partial charge in [-0.25, -0.2) is 8.42 Å². The van der Waals surface area contributed by atoms with E-state index in [-0.39, 0.29) is 11.6 Å². The summed E-state index contributed by atoms with van der Waals surface area (Å²) in [7, 11) is -2.76. The number of nitrogens with one attached hydrogen (secondary N) is 1. The second-order valence-corrected chi connectivity index (χ2v) is 7.29. The van der Waals surface area contributed by atoms with E-state index < -0.39 is 9.84 Å². The van der Waals surface area contributed by atoms with E-state index >= 15 is 0 Å². The van der Waals surface area contributed by atoms with Crippen molar-refractivity contribution < 1.29 is 13.2 Å². The van der Waals surface area contributed by atoms with Gasteiger partial charge < -0.3 is 4.74 Å². The number of hydrogen-bond donors (Lipinski definition) is 1. The van der Waals surface area contributed by atoms with Crippen LogP contribution in [-0.2, 0) is 14.6 Å². The third kappa shape index (κ3) is 2.71. The third-order valence-electron chi connectivity index (χ3n) is 3.21. The van der Waals surface area contributed by atoms with Gasteiger partial charge in [0.05, 0.1) is 18.1 Å². The van der Waals surface area contributed by atoms with E-state index in [9.17, 15) is 8.42 Å². The van der Waals surface area contributed by atoms with Gasteiger partial charge in [0, 0.05) is 6.04 Å². The minimum absolute atomic E-state index is 0.262. The van der Waals surface area contributed by atoms with E-state index in [1.54, 1.807) is 0 Å². The van der Waals surface area contributed by atoms with Crippen LogP contribution in [0.4, 0.5) is 0 Å². The quantitative estimate of drug-likeness (QED) is 0.756. The van der Waals surface area contributed by atoms with Crippen molar-refractivity contribution in [3.8, 4) is 0 Å². The molecule has 3 atom stereocenters. The van der Waals surface area contributed by atoms with Crippen LogP contribution in [0.2, 0.25) is 0 Å². The molecule has 2 rings (SSSR count). The van der Waals surface area contributed by atoms with Crippen LogP contribution in [0.1, 0.15) is 26.7 Å². The Balaban J connectivity index is 1.93. The molecule has 4 nitrogen and oxygen atoms in total. The lowest BCUT2D eigenvalue weighted by Crippen LogP contribution is -2.42. The van der Waals surface area contributed by atoms with Crippen molar-refractivity contribution in [3.63, 3.8) is 0 Å². The highest BCUT2D eigenvalue weighted by atomic mass is 32.2. The SMILES string of the molecule is CC1COC(C)(CC2CCS(=O)(=O)C2)N1. The largest absolute Gasteiger partial charge is 0.359 e. The summed E-state index contributed by atoms with van der Waals surface area (Å²) in [5, 5.41) is 3.37. The molecule has 1 N–H and O–H groups in total. The van der Waals surface area contributed by atoms with Gasteiger partial charge in [-0.15, -0.1) is 0 Å². The molecule has 2 heterocycles. The zero-order chi connectivity index (χ0) is 11.1. The fraction of sp³-hybridized carbons (Fsp3) is 1.00. The molecule has 2 saturated heterocycles. The Morgan fingerprint density at radius 2 is 2.27 bits per heavy atom. The summed E-state index contributed by atoms with van der Waals surface area (Å²) >= 11 is 0. The number of hydrogen-bond acceptors (Lipinski definition) is 4. The number of rotatable bonds is 2. The first-order valence-corrected chi connectivity index (χ1v) is 7.33. The number of sulfone groups is 1. The maximum atomic E-state index is 11.3. The van der Waals surface area contributed by atoms with Gasteiger partial charge in [0.15, 0.2) is 9.84 Å². The predicted molar refractivity (Wildman–Crippen MR) is 58.3 cm³/mol. The summed E-state index contributed by atoms with van der Waals surface area (Å²) < 4.78 is 28.3. The molecule has 0 amide bonds. The molecule has 2 aliphatic rings. The fourth-order valence-corrected chi connectivity index (χ4v) is 4.48. The predicted octanol–water partition coefficient (Wildman–Crippen LogP) is 0.536. The first-order chi connectivity index (χ1) is 6.89. The average Bonchev–Trinajstić information content (AvgIpc) is 2.56. The summed E-state index contributed by atoms with van der Waals surface area (Å²) in [5.74, 6) is 0.948. The van der Waals surface area contributed by atoms with Gasteiger partial charge in [-0.2, -0.15) is 0 Å². The molecule has 15 heavy (non-hydrogen) atoms. The Morgan fingerprint density at radius 3 is 2.73 bits per heavy atom. The molecule has 0 aliphatic carbocycles. The highest BCUT2D eigenvalue weighted by Crippen LogP contribution is 2.30. The molecule has 3 unspecified atom stereocenters. The maximum absolute atomic E-state index is 11.3. The van der Waals surface area contributed by atoms with Crippen LogP contribution in [0, 0.1) is 5.92 Å². The van der Waals surface area contributed by atoms with E-state index in [2.05, 4.69) is 12.2 Å². The van der Waals surface area contributed by atoms with Gasteiger partial charge in [-0.3, -0.25) is 5.32 Å². The van der Waals surface area contributed by atoms with E-state index in [4.69, 9.17) is 4.74 Å². The topological polar surface area (TPSA) is 55.4 Å². The second-order valence-electron chi connectivity index (χ2n) is 5.06. The monoisotopic (exact) mass is 233 g/mol. The van der Waals surface area contributed by atoms with Gasteiger partial charge in [0.1, 0.15) is 5.72 Å². The normalized spacial score (nSPS) is 44.7. The molecule has 5 heteroatoms. The van der Waals surface area contributed by atoms with Gasteiger partial charge in [-0.1, -0.05) is 0 Å². The Labute approximate surface area is 91.3 Å². The highest BCUT2D eigenvalue weighted by molar-refractivity contribution is 7.91. The third-order valence-corrected chi connectivity index (χ3v) is 5.05. The molecule has 0 spiro atoms. The maximum Gasteiger partial charge on any atom is 0.150 e. The van der Waals surface area contributed by atoms with Crippen molar-refractivity contribution in [1.82, 2.24) is 5.32 Å². The Hall–Kier alpha value is -0.130. The molecule has 2 fully saturated rings. The lowest BCUT2D eigenvalue weighted by atomic mass is 9.98. The lowest BCUT2D eigenvalue weighted by molar-refractivity contribution is -0.0110. The van der Waals surface area contributed by atoms with Gasteiger partial charge in [0.2, 0.25) is 0 Å². The summed E-state index contributed by atoms with van der Waals surface area (Å²) in [5.41, 5.74) is -0.316. The fourth-order valence-electron chi connectivity index (χ4n) is 2.62. The summed E-state index contributed by atoms with van der Waals surface area (Å²) in [6.07, 6.45) is 1.59. The minimum atomic E-state index is -2.76. The van der Waals surface area contributed by atoms with Gasteiger partial charge in [0.25, 0.3) is 0 Å². The smallest absolute Gasteiger partial charge is 0.150 e. The Morgan fingerprint density at radius 1 is 1.53 bits per heavy atom. The molecule has 0 aromatic heterocycles. The first kappa shape index (κ1) is 11.4. The van der Waals surface area contributed by atoms with Crippen LogP contribution in [0.15, 0.2) is 0 Å². The molecule has 0 saturated carbocycles. The van der Waals surface area contributed by atoms with E-state index in [1.165, 1.54) is 0 Å². The van der Waals surface area contributed by atoms with Crippen molar-refractivity contribution in [2.24, 2.45) is 5.92 Å². The molecule has 2 aliphatic heterocycles. The van der Waals surface area contributed by atoms with Crippen LogP contribution in [0.25, 0.3) is 0 Å². The standard InChI is InChI=1S/C10H19NO3S/c1-8-6-14-10(2,11-8)5-9-3-4-15(12,13)7-9/h8-9,11H,3-7H2,1-2H3. The van der Waals surface area contributed by atoms with Crippen molar-refractivity contribution in [2.75, 3.05) is 18.1 Å². The molecule has 0 aromatic rings. The lowest BCUT2D eigenvalue weighted by Gasteiger charge is -2.26. The van der Waals surface area contributed by atoms with Crippen LogP contribution in [0.5, 0.6) is 0 Å². The van der Waals surface area contributed by atoms with Crippen LogP contribution < -0.4 is 5.32 Å². The molecular weight excluding hydrogens is 214 g/mol. The van der Waals surface area contributed by atoms with Crippen molar-refractivity contribution in [2.45, 2.75) is 38.5 Å². The Kier molecular flexibility index (Phi) is 2.81. The summed E-state index contributed by atoms with van der Waals surface area (Å²) in [6, 6.07) is 0.369. The molecule has 88 valence electrons.